The lowest BCUT2D eigenvalue weighted by molar-refractivity contribution is -0.127. The van der Waals surface area contributed by atoms with Gasteiger partial charge < -0.3 is 4.74 Å². The monoisotopic (exact) mass is 404 g/mol. The lowest BCUT2D eigenvalue weighted by atomic mass is 10.2. The van der Waals surface area contributed by atoms with Crippen molar-refractivity contribution >= 4 is 58.5 Å². The number of benzene rings is 2. The van der Waals surface area contributed by atoms with E-state index in [4.69, 9.17) is 51.1 Å². The predicted octanol–water partition coefficient (Wildman–Crippen LogP) is 5.22. The summed E-state index contributed by atoms with van der Waals surface area (Å²) in [7, 11) is 0. The van der Waals surface area contributed by atoms with Crippen LogP contribution in [0.3, 0.4) is 0 Å². The molecule has 2 aromatic rings. The van der Waals surface area contributed by atoms with E-state index in [-0.39, 0.29) is 0 Å². The number of carbonyl (C=O) groups excluding carboxylic acids is 1. The van der Waals surface area contributed by atoms with Gasteiger partial charge in [-0.15, -0.1) is 0 Å². The molecule has 0 heterocycles. The summed E-state index contributed by atoms with van der Waals surface area (Å²) < 4.78 is 5.48. The zero-order valence-electron chi connectivity index (χ0n) is 12.4. The summed E-state index contributed by atoms with van der Waals surface area (Å²) >= 11 is 23.6. The SMILES string of the molecule is CC(Oc1ccc(Cl)cc1Cl)C(=O)NN=Cc1ccc(Cl)cc1Cl. The first-order valence-corrected chi connectivity index (χ1v) is 8.27. The second-order valence-corrected chi connectivity index (χ2v) is 6.42. The first kappa shape index (κ1) is 18.9. The van der Waals surface area contributed by atoms with E-state index < -0.39 is 12.0 Å². The zero-order chi connectivity index (χ0) is 17.7. The van der Waals surface area contributed by atoms with Gasteiger partial charge in [-0.05, 0) is 37.3 Å². The molecule has 8 heteroatoms. The Morgan fingerprint density at radius 3 is 2.33 bits per heavy atom. The van der Waals surface area contributed by atoms with Gasteiger partial charge in [-0.3, -0.25) is 4.79 Å². The Hall–Kier alpha value is -1.46. The number of nitrogens with zero attached hydrogens (tertiary/aromatic N) is 1. The molecule has 126 valence electrons. The highest BCUT2D eigenvalue weighted by molar-refractivity contribution is 6.36. The van der Waals surface area contributed by atoms with Gasteiger partial charge in [0.1, 0.15) is 5.75 Å². The third-order valence-corrected chi connectivity index (χ3v) is 4.00. The minimum absolute atomic E-state index is 0.318. The second kappa shape index (κ2) is 8.58. The van der Waals surface area contributed by atoms with Crippen molar-refractivity contribution in [2.75, 3.05) is 0 Å². The molecule has 0 aliphatic carbocycles. The van der Waals surface area contributed by atoms with Crippen LogP contribution in [0.5, 0.6) is 5.75 Å². The smallest absolute Gasteiger partial charge is 0.280 e. The highest BCUT2D eigenvalue weighted by Crippen LogP contribution is 2.28. The molecular weight excluding hydrogens is 394 g/mol. The molecule has 0 saturated heterocycles. The Kier molecular flexibility index (Phi) is 6.75. The molecule has 0 fully saturated rings. The van der Waals surface area contributed by atoms with Crippen molar-refractivity contribution in [3.63, 3.8) is 0 Å². The molecule has 1 N–H and O–H groups in total. The molecule has 2 rings (SSSR count). The molecule has 1 atom stereocenters. The molecular formula is C16H12Cl4N2O2. The maximum atomic E-state index is 12.0. The lowest BCUT2D eigenvalue weighted by Crippen LogP contribution is -2.33. The summed E-state index contributed by atoms with van der Waals surface area (Å²) in [4.78, 5) is 12.0. The van der Waals surface area contributed by atoms with Crippen molar-refractivity contribution in [2.24, 2.45) is 5.10 Å². The Morgan fingerprint density at radius 1 is 1.08 bits per heavy atom. The van der Waals surface area contributed by atoms with E-state index in [1.54, 1.807) is 37.3 Å². The molecule has 1 amide bonds. The van der Waals surface area contributed by atoms with E-state index in [9.17, 15) is 4.79 Å². The number of hydrazone groups is 1. The fraction of sp³-hybridized carbons (Fsp3) is 0.125. The van der Waals surface area contributed by atoms with Gasteiger partial charge in [0.25, 0.3) is 5.91 Å². The number of carbonyl (C=O) groups is 1. The highest BCUT2D eigenvalue weighted by Gasteiger charge is 2.15. The fourth-order valence-electron chi connectivity index (χ4n) is 1.68. The summed E-state index contributed by atoms with van der Waals surface area (Å²) in [6.07, 6.45) is 0.611. The predicted molar refractivity (Wildman–Crippen MR) is 98.8 cm³/mol. The largest absolute Gasteiger partial charge is 0.479 e. The molecule has 2 aromatic carbocycles. The average Bonchev–Trinajstić information content (AvgIpc) is 2.52. The number of nitrogens with one attached hydrogen (secondary N) is 1. The van der Waals surface area contributed by atoms with Gasteiger partial charge in [-0.1, -0.05) is 52.5 Å². The quantitative estimate of drug-likeness (QED) is 0.547. The van der Waals surface area contributed by atoms with Crippen molar-refractivity contribution in [2.45, 2.75) is 13.0 Å². The van der Waals surface area contributed by atoms with Gasteiger partial charge in [0.2, 0.25) is 0 Å². The van der Waals surface area contributed by atoms with Crippen LogP contribution in [-0.4, -0.2) is 18.2 Å². The highest BCUT2D eigenvalue weighted by atomic mass is 35.5. The van der Waals surface area contributed by atoms with Gasteiger partial charge in [0, 0.05) is 15.6 Å². The Morgan fingerprint density at radius 2 is 1.71 bits per heavy atom. The lowest BCUT2D eigenvalue weighted by Gasteiger charge is -2.14. The van der Waals surface area contributed by atoms with Crippen LogP contribution in [0.15, 0.2) is 41.5 Å². The van der Waals surface area contributed by atoms with Crippen LogP contribution in [-0.2, 0) is 4.79 Å². The van der Waals surface area contributed by atoms with Crippen molar-refractivity contribution in [1.29, 1.82) is 0 Å². The van der Waals surface area contributed by atoms with Crippen LogP contribution in [0.2, 0.25) is 20.1 Å². The fourth-order valence-corrected chi connectivity index (χ4v) is 2.59. The number of ether oxygens (including phenoxy) is 1. The van der Waals surface area contributed by atoms with Crippen LogP contribution < -0.4 is 10.2 Å². The molecule has 0 aromatic heterocycles. The number of hydrogen-bond acceptors (Lipinski definition) is 3. The molecule has 0 aliphatic heterocycles. The summed E-state index contributed by atoms with van der Waals surface area (Å²) in [5, 5.41) is 5.59. The van der Waals surface area contributed by atoms with Gasteiger partial charge >= 0.3 is 0 Å². The van der Waals surface area contributed by atoms with Crippen molar-refractivity contribution in [1.82, 2.24) is 5.43 Å². The number of rotatable bonds is 5. The molecule has 0 bridgehead atoms. The van der Waals surface area contributed by atoms with Crippen LogP contribution in [0, 0.1) is 0 Å². The van der Waals surface area contributed by atoms with E-state index in [1.807, 2.05) is 0 Å². The number of hydrogen-bond donors (Lipinski definition) is 1. The maximum Gasteiger partial charge on any atom is 0.280 e. The van der Waals surface area contributed by atoms with E-state index in [0.29, 0.717) is 31.4 Å². The Bertz CT molecular complexity index is 781. The number of amides is 1. The van der Waals surface area contributed by atoms with Gasteiger partial charge in [-0.25, -0.2) is 5.43 Å². The van der Waals surface area contributed by atoms with E-state index in [2.05, 4.69) is 10.5 Å². The number of halogens is 4. The normalized spacial score (nSPS) is 12.2. The Labute approximate surface area is 159 Å². The van der Waals surface area contributed by atoms with Crippen LogP contribution in [0.25, 0.3) is 0 Å². The molecule has 4 nitrogen and oxygen atoms in total. The second-order valence-electron chi connectivity index (χ2n) is 4.73. The maximum absolute atomic E-state index is 12.0. The molecule has 0 spiro atoms. The van der Waals surface area contributed by atoms with Crippen molar-refractivity contribution in [3.05, 3.63) is 62.1 Å². The third-order valence-electron chi connectivity index (χ3n) is 2.91. The summed E-state index contributed by atoms with van der Waals surface area (Å²) in [6.45, 7) is 1.57. The Balaban J connectivity index is 1.95. The average molecular weight is 406 g/mol. The molecule has 0 saturated carbocycles. The van der Waals surface area contributed by atoms with Gasteiger partial charge in [0.15, 0.2) is 6.10 Å². The van der Waals surface area contributed by atoms with E-state index in [0.717, 1.165) is 0 Å². The molecule has 0 radical (unpaired) electrons. The van der Waals surface area contributed by atoms with Crippen molar-refractivity contribution < 1.29 is 9.53 Å². The van der Waals surface area contributed by atoms with Crippen LogP contribution >= 0.6 is 46.4 Å². The topological polar surface area (TPSA) is 50.7 Å². The molecule has 0 aliphatic rings. The zero-order valence-corrected chi connectivity index (χ0v) is 15.4. The van der Waals surface area contributed by atoms with Crippen molar-refractivity contribution in [3.8, 4) is 5.75 Å². The first-order valence-electron chi connectivity index (χ1n) is 6.76. The summed E-state index contributed by atoms with van der Waals surface area (Å²) in [6, 6.07) is 9.68. The van der Waals surface area contributed by atoms with Gasteiger partial charge in [0.05, 0.1) is 16.3 Å². The minimum atomic E-state index is -0.804. The van der Waals surface area contributed by atoms with Gasteiger partial charge in [-0.2, -0.15) is 5.10 Å². The first-order chi connectivity index (χ1) is 11.4. The molecule has 1 unspecified atom stereocenters. The third kappa shape index (κ3) is 5.28. The summed E-state index contributed by atoms with van der Waals surface area (Å²) in [5.74, 6) is -0.0872. The summed E-state index contributed by atoms with van der Waals surface area (Å²) in [5.41, 5.74) is 2.99. The van der Waals surface area contributed by atoms with E-state index >= 15 is 0 Å². The molecule has 24 heavy (non-hydrogen) atoms. The minimum Gasteiger partial charge on any atom is -0.479 e. The van der Waals surface area contributed by atoms with Crippen LogP contribution in [0.4, 0.5) is 0 Å². The standard InChI is InChI=1S/C16H12Cl4N2O2/c1-9(24-15-5-4-12(18)7-14(15)20)16(23)22-21-8-10-2-3-11(17)6-13(10)19/h2-9H,1H3,(H,22,23). The van der Waals surface area contributed by atoms with Crippen LogP contribution in [0.1, 0.15) is 12.5 Å². The van der Waals surface area contributed by atoms with E-state index in [1.165, 1.54) is 12.3 Å².